The number of methoxy groups -OCH3 is 2. The maximum absolute atomic E-state index is 13.1. The second kappa shape index (κ2) is 10.5. The first kappa shape index (κ1) is 22.2. The van der Waals surface area contributed by atoms with E-state index in [0.717, 1.165) is 35.2 Å². The Balaban J connectivity index is 1.84. The van der Waals surface area contributed by atoms with Gasteiger partial charge >= 0.3 is 0 Å². The SMILES string of the molecule is CCc1cccc(CC)c1NC(=O)c1ccc(OC)c(COc2ccccc2OC)c1. The van der Waals surface area contributed by atoms with Gasteiger partial charge in [-0.25, -0.2) is 0 Å². The van der Waals surface area contributed by atoms with Gasteiger partial charge in [0.05, 0.1) is 14.2 Å². The highest BCUT2D eigenvalue weighted by molar-refractivity contribution is 6.05. The summed E-state index contributed by atoms with van der Waals surface area (Å²) in [4.78, 5) is 13.1. The first-order valence-electron chi connectivity index (χ1n) is 10.5. The maximum Gasteiger partial charge on any atom is 0.255 e. The molecule has 0 aromatic heterocycles. The molecule has 0 atom stereocenters. The zero-order valence-corrected chi connectivity index (χ0v) is 18.5. The van der Waals surface area contributed by atoms with Gasteiger partial charge in [0.2, 0.25) is 0 Å². The zero-order valence-electron chi connectivity index (χ0n) is 18.5. The van der Waals surface area contributed by atoms with Crippen molar-refractivity contribution in [2.75, 3.05) is 19.5 Å². The molecule has 162 valence electrons. The molecule has 0 fully saturated rings. The molecule has 0 unspecified atom stereocenters. The van der Waals surface area contributed by atoms with Crippen LogP contribution < -0.4 is 19.5 Å². The zero-order chi connectivity index (χ0) is 22.2. The Bertz CT molecular complexity index is 1020. The summed E-state index contributed by atoms with van der Waals surface area (Å²) in [5.41, 5.74) is 4.48. The lowest BCUT2D eigenvalue weighted by Crippen LogP contribution is -2.15. The largest absolute Gasteiger partial charge is 0.496 e. The number of anilines is 1. The molecular weight excluding hydrogens is 390 g/mol. The fourth-order valence-corrected chi connectivity index (χ4v) is 3.51. The van der Waals surface area contributed by atoms with Crippen LogP contribution in [0, 0.1) is 0 Å². The summed E-state index contributed by atoms with van der Waals surface area (Å²) in [5, 5.41) is 3.11. The van der Waals surface area contributed by atoms with E-state index in [1.807, 2.05) is 36.4 Å². The molecule has 1 N–H and O–H groups in total. The predicted molar refractivity (Wildman–Crippen MR) is 123 cm³/mol. The molecule has 3 aromatic carbocycles. The second-order valence-electron chi connectivity index (χ2n) is 7.08. The third-order valence-electron chi connectivity index (χ3n) is 5.23. The fourth-order valence-electron chi connectivity index (χ4n) is 3.51. The Morgan fingerprint density at radius 2 is 1.42 bits per heavy atom. The van der Waals surface area contributed by atoms with Gasteiger partial charge in [-0.2, -0.15) is 0 Å². The Hall–Kier alpha value is -3.47. The average molecular weight is 420 g/mol. The number of hydrogen-bond donors (Lipinski definition) is 1. The molecule has 5 heteroatoms. The van der Waals surface area contributed by atoms with Crippen molar-refractivity contribution in [3.05, 3.63) is 82.9 Å². The number of para-hydroxylation sites is 3. The molecule has 3 rings (SSSR count). The number of hydrogen-bond acceptors (Lipinski definition) is 4. The fraction of sp³-hybridized carbons (Fsp3) is 0.269. The first-order chi connectivity index (χ1) is 15.1. The van der Waals surface area contributed by atoms with E-state index < -0.39 is 0 Å². The van der Waals surface area contributed by atoms with Gasteiger partial charge in [-0.05, 0) is 54.3 Å². The van der Waals surface area contributed by atoms with E-state index in [2.05, 4.69) is 31.3 Å². The maximum atomic E-state index is 13.1. The quantitative estimate of drug-likeness (QED) is 0.486. The molecule has 0 bridgehead atoms. The monoisotopic (exact) mass is 419 g/mol. The van der Waals surface area contributed by atoms with E-state index in [4.69, 9.17) is 14.2 Å². The van der Waals surface area contributed by atoms with Crippen LogP contribution in [0.5, 0.6) is 17.2 Å². The third-order valence-corrected chi connectivity index (χ3v) is 5.23. The normalized spacial score (nSPS) is 10.5. The number of nitrogens with one attached hydrogen (secondary N) is 1. The molecule has 0 saturated heterocycles. The molecular formula is C26H29NO4. The number of benzene rings is 3. The lowest BCUT2D eigenvalue weighted by molar-refractivity contribution is 0.102. The summed E-state index contributed by atoms with van der Waals surface area (Å²) >= 11 is 0. The van der Waals surface area contributed by atoms with Crippen molar-refractivity contribution in [3.63, 3.8) is 0 Å². The van der Waals surface area contributed by atoms with Gasteiger partial charge in [0, 0.05) is 16.8 Å². The molecule has 0 aliphatic heterocycles. The van der Waals surface area contributed by atoms with Crippen LogP contribution >= 0.6 is 0 Å². The van der Waals surface area contributed by atoms with Crippen LogP contribution in [0.25, 0.3) is 0 Å². The lowest BCUT2D eigenvalue weighted by Gasteiger charge is -2.16. The molecule has 0 radical (unpaired) electrons. The van der Waals surface area contributed by atoms with Crippen LogP contribution in [-0.4, -0.2) is 20.1 Å². The van der Waals surface area contributed by atoms with Crippen LogP contribution in [0.15, 0.2) is 60.7 Å². The summed E-state index contributed by atoms with van der Waals surface area (Å²) in [6, 6.07) is 19.0. The van der Waals surface area contributed by atoms with Crippen LogP contribution in [0.2, 0.25) is 0 Å². The number of carbonyl (C=O) groups is 1. The Labute approximate surface area is 184 Å². The standard InChI is InChI=1S/C26H29NO4/c1-5-18-10-9-11-19(6-2)25(18)27-26(28)20-14-15-22(29-3)21(16-20)17-31-24-13-8-7-12-23(24)30-4/h7-16H,5-6,17H2,1-4H3,(H,27,28). The lowest BCUT2D eigenvalue weighted by atomic mass is 10.0. The van der Waals surface area contributed by atoms with E-state index in [1.54, 1.807) is 26.4 Å². The van der Waals surface area contributed by atoms with Gasteiger partial charge in [0.15, 0.2) is 11.5 Å². The molecule has 0 saturated carbocycles. The van der Waals surface area contributed by atoms with Gasteiger partial charge in [-0.3, -0.25) is 4.79 Å². The Kier molecular flexibility index (Phi) is 7.55. The smallest absolute Gasteiger partial charge is 0.255 e. The van der Waals surface area contributed by atoms with Crippen LogP contribution in [0.1, 0.15) is 40.9 Å². The van der Waals surface area contributed by atoms with E-state index in [-0.39, 0.29) is 12.5 Å². The van der Waals surface area contributed by atoms with Crippen molar-refractivity contribution in [2.24, 2.45) is 0 Å². The van der Waals surface area contributed by atoms with Gasteiger partial charge in [0.25, 0.3) is 5.91 Å². The molecule has 0 heterocycles. The van der Waals surface area contributed by atoms with Crippen LogP contribution in [0.3, 0.4) is 0 Å². The summed E-state index contributed by atoms with van der Waals surface area (Å²) in [6.45, 7) is 4.42. The van der Waals surface area contributed by atoms with Crippen LogP contribution in [-0.2, 0) is 19.4 Å². The number of ether oxygens (including phenoxy) is 3. The highest BCUT2D eigenvalue weighted by Gasteiger charge is 2.15. The molecule has 0 spiro atoms. The van der Waals surface area contributed by atoms with Gasteiger partial charge in [0.1, 0.15) is 12.4 Å². The van der Waals surface area contributed by atoms with E-state index in [9.17, 15) is 4.79 Å². The molecule has 0 aliphatic rings. The first-order valence-corrected chi connectivity index (χ1v) is 10.5. The van der Waals surface area contributed by atoms with E-state index in [1.165, 1.54) is 0 Å². The van der Waals surface area contributed by atoms with Crippen molar-refractivity contribution in [2.45, 2.75) is 33.3 Å². The summed E-state index contributed by atoms with van der Waals surface area (Å²) in [6.07, 6.45) is 1.70. The molecule has 1 amide bonds. The van der Waals surface area contributed by atoms with Crippen molar-refractivity contribution >= 4 is 11.6 Å². The Morgan fingerprint density at radius 1 is 0.774 bits per heavy atom. The summed E-state index contributed by atoms with van der Waals surface area (Å²) in [5.74, 6) is 1.79. The highest BCUT2D eigenvalue weighted by Crippen LogP contribution is 2.29. The van der Waals surface area contributed by atoms with Crippen molar-refractivity contribution < 1.29 is 19.0 Å². The highest BCUT2D eigenvalue weighted by atomic mass is 16.5. The minimum atomic E-state index is -0.156. The third kappa shape index (κ3) is 5.18. The van der Waals surface area contributed by atoms with Crippen LogP contribution in [0.4, 0.5) is 5.69 Å². The number of rotatable bonds is 9. The second-order valence-corrected chi connectivity index (χ2v) is 7.08. The Morgan fingerprint density at radius 3 is 2.03 bits per heavy atom. The van der Waals surface area contributed by atoms with Crippen molar-refractivity contribution in [3.8, 4) is 17.2 Å². The minimum Gasteiger partial charge on any atom is -0.496 e. The molecule has 0 aliphatic carbocycles. The molecule has 3 aromatic rings. The summed E-state index contributed by atoms with van der Waals surface area (Å²) < 4.78 is 16.8. The molecule has 31 heavy (non-hydrogen) atoms. The van der Waals surface area contributed by atoms with Gasteiger partial charge < -0.3 is 19.5 Å². The van der Waals surface area contributed by atoms with Gasteiger partial charge in [-0.1, -0.05) is 44.2 Å². The van der Waals surface area contributed by atoms with Crippen molar-refractivity contribution in [1.82, 2.24) is 0 Å². The van der Waals surface area contributed by atoms with E-state index >= 15 is 0 Å². The molecule has 5 nitrogen and oxygen atoms in total. The van der Waals surface area contributed by atoms with Crippen molar-refractivity contribution in [1.29, 1.82) is 0 Å². The minimum absolute atomic E-state index is 0.156. The number of aryl methyl sites for hydroxylation is 2. The summed E-state index contributed by atoms with van der Waals surface area (Å²) in [7, 11) is 3.21. The number of carbonyl (C=O) groups excluding carboxylic acids is 1. The van der Waals surface area contributed by atoms with Gasteiger partial charge in [-0.15, -0.1) is 0 Å². The topological polar surface area (TPSA) is 56.8 Å². The average Bonchev–Trinajstić information content (AvgIpc) is 2.82. The number of amides is 1. The van der Waals surface area contributed by atoms with E-state index in [0.29, 0.717) is 22.8 Å². The predicted octanol–water partition coefficient (Wildman–Crippen LogP) is 5.66.